The second-order valence-corrected chi connectivity index (χ2v) is 8.68. The largest absolute Gasteiger partial charge is 0.356 e. The van der Waals surface area contributed by atoms with Gasteiger partial charge in [0, 0.05) is 39.5 Å². The van der Waals surface area contributed by atoms with Gasteiger partial charge in [0.25, 0.3) is 0 Å². The Morgan fingerprint density at radius 3 is 2.54 bits per heavy atom. The Balaban J connectivity index is 1.98. The third kappa shape index (κ3) is 11.4. The predicted octanol–water partition coefficient (Wildman–Crippen LogP) is 0.726. The Labute approximate surface area is 173 Å². The van der Waals surface area contributed by atoms with Gasteiger partial charge < -0.3 is 26.6 Å². The van der Waals surface area contributed by atoms with Crippen molar-refractivity contribution >= 4 is 29.5 Å². The van der Waals surface area contributed by atoms with E-state index < -0.39 is 6.04 Å². The summed E-state index contributed by atoms with van der Waals surface area (Å²) in [6, 6.07) is -0.542. The van der Waals surface area contributed by atoms with Crippen molar-refractivity contribution in [3.8, 4) is 0 Å². The van der Waals surface area contributed by atoms with Crippen molar-refractivity contribution in [2.45, 2.75) is 51.0 Å². The maximum absolute atomic E-state index is 12.0. The molecular weight excluding hydrogens is 376 g/mol. The molecule has 1 aliphatic rings. The molecule has 1 unspecified atom stereocenters. The first-order valence-corrected chi connectivity index (χ1v) is 11.4. The number of hydrogen-bond acceptors (Lipinski definition) is 5. The van der Waals surface area contributed by atoms with Crippen LogP contribution in [0.4, 0.5) is 0 Å². The summed E-state index contributed by atoms with van der Waals surface area (Å²) in [5, 5.41) is 16.4. The number of nitrogens with one attached hydrogen (secondary N) is 4. The van der Waals surface area contributed by atoms with Crippen molar-refractivity contribution in [2.75, 3.05) is 45.2 Å². The van der Waals surface area contributed by atoms with Gasteiger partial charge in [-0.2, -0.15) is 11.8 Å². The molecule has 0 aliphatic heterocycles. The average molecular weight is 415 g/mol. The van der Waals surface area contributed by atoms with Crippen LogP contribution in [0.2, 0.25) is 0 Å². The van der Waals surface area contributed by atoms with Crippen LogP contribution in [0.25, 0.3) is 0 Å². The second kappa shape index (κ2) is 14.5. The van der Waals surface area contributed by atoms with Gasteiger partial charge in [0.2, 0.25) is 11.8 Å². The van der Waals surface area contributed by atoms with E-state index in [9.17, 15) is 9.59 Å². The van der Waals surface area contributed by atoms with Crippen molar-refractivity contribution in [2.24, 2.45) is 11.7 Å². The Kier molecular flexibility index (Phi) is 12.7. The smallest absolute Gasteiger partial charge is 0.236 e. The molecule has 1 rings (SSSR count). The van der Waals surface area contributed by atoms with Gasteiger partial charge in [0.05, 0.1) is 11.8 Å². The number of thioether (sulfide) groups is 1. The molecule has 1 atom stereocenters. The molecule has 1 fully saturated rings. The molecule has 6 N–H and O–H groups in total. The highest BCUT2D eigenvalue weighted by Crippen LogP contribution is 2.22. The first kappa shape index (κ1) is 24.6. The monoisotopic (exact) mass is 414 g/mol. The van der Waals surface area contributed by atoms with E-state index >= 15 is 0 Å². The molecule has 0 radical (unpaired) electrons. The fraction of sp³-hybridized carbons (Fsp3) is 0.842. The highest BCUT2D eigenvalue weighted by atomic mass is 32.2. The van der Waals surface area contributed by atoms with Crippen LogP contribution in [-0.2, 0) is 9.59 Å². The van der Waals surface area contributed by atoms with Crippen molar-refractivity contribution in [1.29, 1.82) is 5.41 Å². The van der Waals surface area contributed by atoms with Gasteiger partial charge in [-0.1, -0.05) is 19.3 Å². The highest BCUT2D eigenvalue weighted by Gasteiger charge is 2.15. The van der Waals surface area contributed by atoms with Gasteiger partial charge in [-0.25, -0.2) is 0 Å². The normalized spacial score (nSPS) is 15.5. The fourth-order valence-electron chi connectivity index (χ4n) is 3.06. The topological polar surface area (TPSA) is 123 Å². The van der Waals surface area contributed by atoms with Crippen LogP contribution in [0, 0.1) is 11.3 Å². The molecule has 0 aromatic heterocycles. The molecule has 28 heavy (non-hydrogen) atoms. The number of nitrogens with two attached hydrogens (primary N) is 1. The zero-order valence-corrected chi connectivity index (χ0v) is 18.2. The van der Waals surface area contributed by atoms with E-state index in [4.69, 9.17) is 11.1 Å². The number of hydrogen-bond donors (Lipinski definition) is 5. The molecular formula is C19H38N6O2S. The Morgan fingerprint density at radius 1 is 1.14 bits per heavy atom. The van der Waals surface area contributed by atoms with Crippen LogP contribution in [0.5, 0.6) is 0 Å². The summed E-state index contributed by atoms with van der Waals surface area (Å²) in [5.74, 6) is 2.03. The predicted molar refractivity (Wildman–Crippen MR) is 117 cm³/mol. The van der Waals surface area contributed by atoms with E-state index in [0.29, 0.717) is 42.9 Å². The maximum atomic E-state index is 12.0. The standard InChI is InChI=1S/C19H38N6O2S/c1-25(2)19(21)23-10-6-9-16(20)18(27)22-11-12-28-14-17(26)24-13-15-7-4-3-5-8-15/h15-16H,3-14,20H2,1-2H3,(H2,21,23)(H,22,27)(H,24,26). The molecule has 1 saturated carbocycles. The van der Waals surface area contributed by atoms with Crippen LogP contribution < -0.4 is 21.7 Å². The van der Waals surface area contributed by atoms with Crippen LogP contribution in [0.3, 0.4) is 0 Å². The zero-order chi connectivity index (χ0) is 20.8. The van der Waals surface area contributed by atoms with Crippen LogP contribution in [0.15, 0.2) is 0 Å². The van der Waals surface area contributed by atoms with Crippen LogP contribution >= 0.6 is 11.8 Å². The van der Waals surface area contributed by atoms with Crippen molar-refractivity contribution in [3.05, 3.63) is 0 Å². The number of amides is 2. The second-order valence-electron chi connectivity index (χ2n) is 7.57. The van der Waals surface area contributed by atoms with Crippen molar-refractivity contribution in [3.63, 3.8) is 0 Å². The zero-order valence-electron chi connectivity index (χ0n) is 17.4. The number of guanidine groups is 1. The molecule has 0 saturated heterocycles. The van der Waals surface area contributed by atoms with Crippen molar-refractivity contribution in [1.82, 2.24) is 20.9 Å². The SMILES string of the molecule is CN(C)C(=N)NCCCC(N)C(=O)NCCSCC(=O)NCC1CCCCC1. The summed E-state index contributed by atoms with van der Waals surface area (Å²) in [6.45, 7) is 1.92. The molecule has 2 amide bonds. The lowest BCUT2D eigenvalue weighted by atomic mass is 9.89. The van der Waals surface area contributed by atoms with E-state index in [1.165, 1.54) is 43.9 Å². The van der Waals surface area contributed by atoms with Gasteiger partial charge in [-0.15, -0.1) is 0 Å². The molecule has 0 heterocycles. The third-order valence-corrected chi connectivity index (χ3v) is 5.82. The third-order valence-electron chi connectivity index (χ3n) is 4.86. The average Bonchev–Trinajstić information content (AvgIpc) is 2.69. The van der Waals surface area contributed by atoms with E-state index in [2.05, 4.69) is 16.0 Å². The number of carbonyl (C=O) groups excluding carboxylic acids is 2. The van der Waals surface area contributed by atoms with E-state index in [0.717, 1.165) is 13.0 Å². The summed E-state index contributed by atoms with van der Waals surface area (Å²) in [7, 11) is 3.60. The molecule has 0 aromatic rings. The van der Waals surface area contributed by atoms with E-state index in [1.807, 2.05) is 0 Å². The lowest BCUT2D eigenvalue weighted by Gasteiger charge is -2.21. The van der Waals surface area contributed by atoms with E-state index in [-0.39, 0.29) is 11.8 Å². The van der Waals surface area contributed by atoms with Gasteiger partial charge >= 0.3 is 0 Å². The number of carbonyl (C=O) groups is 2. The lowest BCUT2D eigenvalue weighted by molar-refractivity contribution is -0.122. The van der Waals surface area contributed by atoms with Crippen LogP contribution in [-0.4, -0.2) is 74.0 Å². The summed E-state index contributed by atoms with van der Waals surface area (Å²) < 4.78 is 0. The minimum atomic E-state index is -0.542. The maximum Gasteiger partial charge on any atom is 0.236 e. The summed E-state index contributed by atoms with van der Waals surface area (Å²) in [6.07, 6.45) is 7.65. The quantitative estimate of drug-likeness (QED) is 0.182. The first-order chi connectivity index (χ1) is 13.4. The minimum Gasteiger partial charge on any atom is -0.356 e. The van der Waals surface area contributed by atoms with Gasteiger partial charge in [-0.3, -0.25) is 15.0 Å². The van der Waals surface area contributed by atoms with Crippen LogP contribution in [0.1, 0.15) is 44.9 Å². The van der Waals surface area contributed by atoms with Gasteiger partial charge in [0.15, 0.2) is 5.96 Å². The fourth-order valence-corrected chi connectivity index (χ4v) is 3.74. The molecule has 9 heteroatoms. The summed E-state index contributed by atoms with van der Waals surface area (Å²) >= 11 is 1.52. The molecule has 0 aromatic carbocycles. The van der Waals surface area contributed by atoms with Gasteiger partial charge in [0.1, 0.15) is 0 Å². The Hall–Kier alpha value is -1.48. The summed E-state index contributed by atoms with van der Waals surface area (Å²) in [5.41, 5.74) is 5.89. The van der Waals surface area contributed by atoms with E-state index in [1.54, 1.807) is 19.0 Å². The Bertz CT molecular complexity index is 483. The van der Waals surface area contributed by atoms with Crippen molar-refractivity contribution < 1.29 is 9.59 Å². The number of rotatable bonds is 12. The first-order valence-electron chi connectivity index (χ1n) is 10.3. The number of nitrogens with zero attached hydrogens (tertiary/aromatic N) is 1. The highest BCUT2D eigenvalue weighted by molar-refractivity contribution is 7.99. The van der Waals surface area contributed by atoms with Gasteiger partial charge in [-0.05, 0) is 31.6 Å². The minimum absolute atomic E-state index is 0.0781. The molecule has 0 spiro atoms. The molecule has 0 bridgehead atoms. The molecule has 1 aliphatic carbocycles. The summed E-state index contributed by atoms with van der Waals surface area (Å²) in [4.78, 5) is 25.5. The Morgan fingerprint density at radius 2 is 1.86 bits per heavy atom. The molecule has 162 valence electrons. The lowest BCUT2D eigenvalue weighted by Crippen LogP contribution is -2.42. The molecule has 8 nitrogen and oxygen atoms in total.